The molecule has 0 radical (unpaired) electrons. The molecule has 1 rings (SSSR count). The SMILES string of the molecule is CCNC(=NCC1CCCN1CC)NCCCN(C)S(=O)(=O)CC. The van der Waals surface area contributed by atoms with Crippen LogP contribution in [0.1, 0.15) is 40.0 Å². The first-order chi connectivity index (χ1) is 11.4. The van der Waals surface area contributed by atoms with Gasteiger partial charge in [0.25, 0.3) is 0 Å². The van der Waals surface area contributed by atoms with Crippen molar-refractivity contribution in [2.45, 2.75) is 46.1 Å². The number of nitrogens with one attached hydrogen (secondary N) is 2. The smallest absolute Gasteiger partial charge is 0.213 e. The van der Waals surface area contributed by atoms with E-state index in [2.05, 4.69) is 22.5 Å². The lowest BCUT2D eigenvalue weighted by Crippen LogP contribution is -2.40. The molecule has 1 aliphatic heterocycles. The molecule has 8 heteroatoms. The van der Waals surface area contributed by atoms with E-state index in [0.29, 0.717) is 19.1 Å². The van der Waals surface area contributed by atoms with Gasteiger partial charge in [-0.2, -0.15) is 0 Å². The lowest BCUT2D eigenvalue weighted by Gasteiger charge is -2.21. The second-order valence-electron chi connectivity index (χ2n) is 6.15. The molecular formula is C16H35N5O2S. The first kappa shape index (κ1) is 21.2. The lowest BCUT2D eigenvalue weighted by atomic mass is 10.2. The molecule has 0 saturated carbocycles. The van der Waals surface area contributed by atoms with Crippen molar-refractivity contribution in [3.63, 3.8) is 0 Å². The lowest BCUT2D eigenvalue weighted by molar-refractivity contribution is 0.273. The minimum atomic E-state index is -3.09. The molecule has 1 unspecified atom stereocenters. The van der Waals surface area contributed by atoms with Crippen molar-refractivity contribution in [3.05, 3.63) is 0 Å². The molecule has 7 nitrogen and oxygen atoms in total. The third-order valence-electron chi connectivity index (χ3n) is 4.49. The fourth-order valence-electron chi connectivity index (χ4n) is 2.92. The van der Waals surface area contributed by atoms with Gasteiger partial charge in [-0.15, -0.1) is 0 Å². The molecule has 0 bridgehead atoms. The molecule has 1 saturated heterocycles. The van der Waals surface area contributed by atoms with Gasteiger partial charge >= 0.3 is 0 Å². The molecule has 1 heterocycles. The number of hydrogen-bond acceptors (Lipinski definition) is 4. The second-order valence-corrected chi connectivity index (χ2v) is 8.51. The molecule has 142 valence electrons. The minimum absolute atomic E-state index is 0.149. The van der Waals surface area contributed by atoms with Crippen LogP contribution in [-0.2, 0) is 10.0 Å². The van der Waals surface area contributed by atoms with Crippen molar-refractivity contribution in [1.29, 1.82) is 0 Å². The Hall–Kier alpha value is -0.860. The monoisotopic (exact) mass is 361 g/mol. The Kier molecular flexibility index (Phi) is 9.61. The van der Waals surface area contributed by atoms with Crippen molar-refractivity contribution >= 4 is 16.0 Å². The number of hydrogen-bond donors (Lipinski definition) is 2. The first-order valence-corrected chi connectivity index (χ1v) is 10.8. The van der Waals surface area contributed by atoms with Gasteiger partial charge in [-0.25, -0.2) is 12.7 Å². The van der Waals surface area contributed by atoms with E-state index in [9.17, 15) is 8.42 Å². The number of rotatable bonds is 10. The Morgan fingerprint density at radius 1 is 1.29 bits per heavy atom. The van der Waals surface area contributed by atoms with E-state index in [-0.39, 0.29) is 5.75 Å². The van der Waals surface area contributed by atoms with E-state index < -0.39 is 10.0 Å². The van der Waals surface area contributed by atoms with Crippen LogP contribution in [0.25, 0.3) is 0 Å². The van der Waals surface area contributed by atoms with E-state index in [4.69, 9.17) is 4.99 Å². The summed E-state index contributed by atoms with van der Waals surface area (Å²) in [6.07, 6.45) is 3.23. The predicted molar refractivity (Wildman–Crippen MR) is 101 cm³/mol. The van der Waals surface area contributed by atoms with Crippen molar-refractivity contribution in [2.75, 3.05) is 52.1 Å². The van der Waals surface area contributed by atoms with E-state index in [0.717, 1.165) is 32.0 Å². The molecular weight excluding hydrogens is 326 g/mol. The molecule has 2 N–H and O–H groups in total. The second kappa shape index (κ2) is 10.9. The summed E-state index contributed by atoms with van der Waals surface area (Å²) < 4.78 is 24.8. The van der Waals surface area contributed by atoms with Gasteiger partial charge in [-0.3, -0.25) is 9.89 Å². The van der Waals surface area contributed by atoms with Gasteiger partial charge in [0.1, 0.15) is 0 Å². The predicted octanol–water partition coefficient (Wildman–Crippen LogP) is 0.697. The maximum atomic E-state index is 11.7. The average Bonchev–Trinajstić information content (AvgIpc) is 3.03. The minimum Gasteiger partial charge on any atom is -0.357 e. The number of aliphatic imine (C=N–C) groups is 1. The van der Waals surface area contributed by atoms with Crippen LogP contribution in [0.5, 0.6) is 0 Å². The van der Waals surface area contributed by atoms with Gasteiger partial charge in [0, 0.05) is 32.7 Å². The number of likely N-dealkylation sites (N-methyl/N-ethyl adjacent to an activating group) is 1. The van der Waals surface area contributed by atoms with Crippen LogP contribution < -0.4 is 10.6 Å². The zero-order chi connectivity index (χ0) is 18.0. The van der Waals surface area contributed by atoms with Crippen molar-refractivity contribution in [3.8, 4) is 0 Å². The molecule has 0 spiro atoms. The normalized spacial score (nSPS) is 19.9. The average molecular weight is 362 g/mol. The summed E-state index contributed by atoms with van der Waals surface area (Å²) in [5, 5.41) is 6.56. The molecule has 0 aromatic heterocycles. The summed E-state index contributed by atoms with van der Waals surface area (Å²) in [6.45, 7) is 11.0. The highest BCUT2D eigenvalue weighted by atomic mass is 32.2. The zero-order valence-electron chi connectivity index (χ0n) is 15.7. The van der Waals surface area contributed by atoms with Crippen LogP contribution in [-0.4, -0.2) is 81.7 Å². The molecule has 24 heavy (non-hydrogen) atoms. The van der Waals surface area contributed by atoms with Crippen LogP contribution in [0.4, 0.5) is 0 Å². The molecule has 0 amide bonds. The first-order valence-electron chi connectivity index (χ1n) is 9.14. The van der Waals surface area contributed by atoms with Gasteiger partial charge in [-0.05, 0) is 46.2 Å². The summed E-state index contributed by atoms with van der Waals surface area (Å²) in [5.41, 5.74) is 0. The molecule has 0 aliphatic carbocycles. The highest BCUT2D eigenvalue weighted by Gasteiger charge is 2.22. The van der Waals surface area contributed by atoms with E-state index in [1.54, 1.807) is 14.0 Å². The third-order valence-corrected chi connectivity index (χ3v) is 6.35. The Morgan fingerprint density at radius 3 is 2.67 bits per heavy atom. The fraction of sp³-hybridized carbons (Fsp3) is 0.938. The van der Waals surface area contributed by atoms with Crippen LogP contribution in [0.3, 0.4) is 0 Å². The number of nitrogens with zero attached hydrogens (tertiary/aromatic N) is 3. The Balaban J connectivity index is 2.39. The van der Waals surface area contributed by atoms with E-state index >= 15 is 0 Å². The Morgan fingerprint density at radius 2 is 2.04 bits per heavy atom. The van der Waals surface area contributed by atoms with Crippen LogP contribution in [0.15, 0.2) is 4.99 Å². The van der Waals surface area contributed by atoms with Gasteiger partial charge in [0.15, 0.2) is 5.96 Å². The standard InChI is InChI=1S/C16H35N5O2S/c1-5-17-16(19-14-15-10-8-13-21(15)6-2)18-11-9-12-20(4)24(22,23)7-3/h15H,5-14H2,1-4H3,(H2,17,18,19). The molecule has 1 atom stereocenters. The highest BCUT2D eigenvalue weighted by Crippen LogP contribution is 2.16. The summed E-state index contributed by atoms with van der Waals surface area (Å²) in [5.74, 6) is 0.970. The van der Waals surface area contributed by atoms with E-state index in [1.807, 2.05) is 6.92 Å². The topological polar surface area (TPSA) is 77.0 Å². The summed E-state index contributed by atoms with van der Waals surface area (Å²) in [6, 6.07) is 0.547. The Labute approximate surface area is 147 Å². The third kappa shape index (κ3) is 6.94. The zero-order valence-corrected chi connectivity index (χ0v) is 16.5. The number of sulfonamides is 1. The van der Waals surface area contributed by atoms with Crippen LogP contribution in [0, 0.1) is 0 Å². The molecule has 0 aromatic carbocycles. The molecule has 1 aliphatic rings. The maximum Gasteiger partial charge on any atom is 0.213 e. The Bertz CT molecular complexity index is 481. The quantitative estimate of drug-likeness (QED) is 0.340. The van der Waals surface area contributed by atoms with Crippen LogP contribution >= 0.6 is 0 Å². The van der Waals surface area contributed by atoms with Gasteiger partial charge in [0.05, 0.1) is 12.3 Å². The summed E-state index contributed by atoms with van der Waals surface area (Å²) >= 11 is 0. The van der Waals surface area contributed by atoms with E-state index in [1.165, 1.54) is 23.7 Å². The van der Waals surface area contributed by atoms with Gasteiger partial charge in [0.2, 0.25) is 10.0 Å². The largest absolute Gasteiger partial charge is 0.357 e. The summed E-state index contributed by atoms with van der Waals surface area (Å²) in [4.78, 5) is 7.18. The molecule has 0 aromatic rings. The fourth-order valence-corrected chi connectivity index (χ4v) is 3.77. The van der Waals surface area contributed by atoms with Crippen LogP contribution in [0.2, 0.25) is 0 Å². The maximum absolute atomic E-state index is 11.7. The highest BCUT2D eigenvalue weighted by molar-refractivity contribution is 7.89. The van der Waals surface area contributed by atoms with Gasteiger partial charge < -0.3 is 10.6 Å². The summed E-state index contributed by atoms with van der Waals surface area (Å²) in [7, 11) is -1.45. The number of guanidine groups is 1. The molecule has 1 fully saturated rings. The number of likely N-dealkylation sites (tertiary alicyclic amines) is 1. The van der Waals surface area contributed by atoms with Gasteiger partial charge in [-0.1, -0.05) is 6.92 Å². The van der Waals surface area contributed by atoms with Crippen molar-refractivity contribution < 1.29 is 8.42 Å². The van der Waals surface area contributed by atoms with Crippen molar-refractivity contribution in [1.82, 2.24) is 19.8 Å². The van der Waals surface area contributed by atoms with Crippen molar-refractivity contribution in [2.24, 2.45) is 4.99 Å².